The van der Waals surface area contributed by atoms with E-state index >= 15 is 0 Å². The standard InChI is InChI=1S/C23H26N4O2/c1-15-12-18-19(13-17(15)24-6)27(22(2,3)4)21(25-18)26-20(28)14-23(5,29)16-10-8-7-9-11-16/h7-13,29H,14H2,1-5H3,(H,25,26,28)/t23-/m0/s1. The predicted octanol–water partition coefficient (Wildman–Crippen LogP) is 4.89. The van der Waals surface area contributed by atoms with E-state index in [0.717, 1.165) is 16.6 Å². The first-order valence-electron chi connectivity index (χ1n) is 9.52. The van der Waals surface area contributed by atoms with Crippen LogP contribution in [0, 0.1) is 13.5 Å². The number of hydrogen-bond donors (Lipinski definition) is 2. The number of hydrogen-bond acceptors (Lipinski definition) is 3. The second kappa shape index (κ2) is 7.34. The lowest BCUT2D eigenvalue weighted by Gasteiger charge is -2.26. The van der Waals surface area contributed by atoms with Crippen LogP contribution in [0.5, 0.6) is 0 Å². The number of nitrogens with one attached hydrogen (secondary N) is 1. The highest BCUT2D eigenvalue weighted by atomic mass is 16.3. The summed E-state index contributed by atoms with van der Waals surface area (Å²) in [6.45, 7) is 16.9. The Morgan fingerprint density at radius 1 is 1.21 bits per heavy atom. The van der Waals surface area contributed by atoms with E-state index < -0.39 is 5.60 Å². The first kappa shape index (κ1) is 20.6. The molecule has 0 spiro atoms. The number of aliphatic hydroxyl groups is 1. The van der Waals surface area contributed by atoms with Crippen molar-refractivity contribution in [3.8, 4) is 0 Å². The number of aromatic nitrogens is 2. The maximum absolute atomic E-state index is 12.8. The highest BCUT2D eigenvalue weighted by Crippen LogP contribution is 2.33. The average Bonchev–Trinajstić information content (AvgIpc) is 2.97. The molecule has 0 radical (unpaired) electrons. The van der Waals surface area contributed by atoms with Crippen molar-refractivity contribution in [1.29, 1.82) is 0 Å². The number of rotatable bonds is 4. The lowest BCUT2D eigenvalue weighted by molar-refractivity contribution is -0.120. The molecule has 0 bridgehead atoms. The smallest absolute Gasteiger partial charge is 0.229 e. The van der Waals surface area contributed by atoms with Crippen LogP contribution in [-0.4, -0.2) is 20.6 Å². The first-order chi connectivity index (χ1) is 13.5. The van der Waals surface area contributed by atoms with E-state index in [-0.39, 0.29) is 17.9 Å². The molecular formula is C23H26N4O2. The number of nitrogens with zero attached hydrogens (tertiary/aromatic N) is 3. The molecule has 29 heavy (non-hydrogen) atoms. The second-order valence-corrected chi connectivity index (χ2v) is 8.55. The predicted molar refractivity (Wildman–Crippen MR) is 115 cm³/mol. The van der Waals surface area contributed by atoms with Gasteiger partial charge < -0.3 is 9.67 Å². The monoisotopic (exact) mass is 390 g/mol. The molecule has 0 fully saturated rings. The largest absolute Gasteiger partial charge is 0.385 e. The average molecular weight is 390 g/mol. The number of carbonyl (C=O) groups excluding carboxylic acids is 1. The van der Waals surface area contributed by atoms with Gasteiger partial charge in [-0.1, -0.05) is 30.3 Å². The lowest BCUT2D eigenvalue weighted by Crippen LogP contribution is -2.31. The summed E-state index contributed by atoms with van der Waals surface area (Å²) in [7, 11) is 0. The normalized spacial score (nSPS) is 13.7. The molecule has 0 aliphatic rings. The van der Waals surface area contributed by atoms with Crippen LogP contribution in [0.1, 0.15) is 45.2 Å². The van der Waals surface area contributed by atoms with Crippen LogP contribution in [0.15, 0.2) is 42.5 Å². The zero-order chi connectivity index (χ0) is 21.4. The molecule has 6 heteroatoms. The van der Waals surface area contributed by atoms with Crippen molar-refractivity contribution >= 4 is 28.6 Å². The van der Waals surface area contributed by atoms with Crippen LogP contribution >= 0.6 is 0 Å². The topological polar surface area (TPSA) is 71.5 Å². The van der Waals surface area contributed by atoms with Crippen molar-refractivity contribution in [3.63, 3.8) is 0 Å². The van der Waals surface area contributed by atoms with Crippen LogP contribution in [0.2, 0.25) is 0 Å². The molecule has 1 amide bonds. The van der Waals surface area contributed by atoms with Gasteiger partial charge in [0.15, 0.2) is 5.69 Å². The summed E-state index contributed by atoms with van der Waals surface area (Å²) in [6, 6.07) is 12.8. The first-order valence-corrected chi connectivity index (χ1v) is 9.52. The Hall–Kier alpha value is -3.17. The molecule has 1 atom stereocenters. The second-order valence-electron chi connectivity index (χ2n) is 8.55. The number of imidazole rings is 1. The number of benzene rings is 2. The van der Waals surface area contributed by atoms with Crippen LogP contribution in [0.25, 0.3) is 15.9 Å². The van der Waals surface area contributed by atoms with Crippen molar-refractivity contribution in [3.05, 3.63) is 65.0 Å². The van der Waals surface area contributed by atoms with E-state index in [1.165, 1.54) is 0 Å². The van der Waals surface area contributed by atoms with Crippen molar-refractivity contribution in [2.75, 3.05) is 5.32 Å². The van der Waals surface area contributed by atoms with Gasteiger partial charge in [0.2, 0.25) is 11.9 Å². The van der Waals surface area contributed by atoms with Gasteiger partial charge in [0.05, 0.1) is 29.6 Å². The van der Waals surface area contributed by atoms with Crippen LogP contribution in [0.4, 0.5) is 11.6 Å². The van der Waals surface area contributed by atoms with Crippen LogP contribution < -0.4 is 5.32 Å². The third-order valence-electron chi connectivity index (χ3n) is 4.92. The molecule has 1 aromatic heterocycles. The molecule has 0 saturated heterocycles. The molecule has 0 aliphatic heterocycles. The Bertz CT molecular complexity index is 1100. The summed E-state index contributed by atoms with van der Waals surface area (Å²) in [4.78, 5) is 21.0. The Morgan fingerprint density at radius 3 is 2.45 bits per heavy atom. The summed E-state index contributed by atoms with van der Waals surface area (Å²) < 4.78 is 1.92. The molecule has 0 unspecified atom stereocenters. The quantitative estimate of drug-likeness (QED) is 0.623. The molecule has 0 aliphatic carbocycles. The van der Waals surface area contributed by atoms with E-state index in [0.29, 0.717) is 17.2 Å². The molecule has 1 heterocycles. The fourth-order valence-corrected chi connectivity index (χ4v) is 3.48. The minimum atomic E-state index is -1.29. The van der Waals surface area contributed by atoms with Gasteiger partial charge in [-0.25, -0.2) is 9.83 Å². The summed E-state index contributed by atoms with van der Waals surface area (Å²) in [5, 5.41) is 13.7. The fraction of sp³-hybridized carbons (Fsp3) is 0.348. The lowest BCUT2D eigenvalue weighted by atomic mass is 9.92. The Kier molecular flexibility index (Phi) is 5.20. The maximum atomic E-state index is 12.8. The zero-order valence-corrected chi connectivity index (χ0v) is 17.4. The minimum Gasteiger partial charge on any atom is -0.385 e. The van der Waals surface area contributed by atoms with Gasteiger partial charge in [-0.15, -0.1) is 0 Å². The zero-order valence-electron chi connectivity index (χ0n) is 17.4. The molecule has 150 valence electrons. The molecule has 2 N–H and O–H groups in total. The number of fused-ring (bicyclic) bond motifs is 1. The van der Waals surface area contributed by atoms with Gasteiger partial charge in [0.25, 0.3) is 0 Å². The highest BCUT2D eigenvalue weighted by Gasteiger charge is 2.29. The van der Waals surface area contributed by atoms with Crippen molar-refractivity contribution in [2.45, 2.75) is 52.2 Å². The SMILES string of the molecule is [C-]#[N+]c1cc2c(cc1C)nc(NC(=O)C[C@](C)(O)c1ccccc1)n2C(C)(C)C. The summed E-state index contributed by atoms with van der Waals surface area (Å²) in [6.07, 6.45) is -0.101. The van der Waals surface area contributed by atoms with Gasteiger partial charge in [-0.3, -0.25) is 10.1 Å². The van der Waals surface area contributed by atoms with Crippen molar-refractivity contribution < 1.29 is 9.90 Å². The van der Waals surface area contributed by atoms with E-state index in [4.69, 9.17) is 6.57 Å². The Balaban J connectivity index is 1.97. The fourth-order valence-electron chi connectivity index (χ4n) is 3.48. The van der Waals surface area contributed by atoms with Gasteiger partial charge in [0.1, 0.15) is 0 Å². The third-order valence-corrected chi connectivity index (χ3v) is 4.92. The van der Waals surface area contributed by atoms with E-state index in [2.05, 4.69) is 15.1 Å². The number of carbonyl (C=O) groups is 1. The van der Waals surface area contributed by atoms with Crippen LogP contribution in [0.3, 0.4) is 0 Å². The minimum absolute atomic E-state index is 0.101. The van der Waals surface area contributed by atoms with Crippen molar-refractivity contribution in [2.24, 2.45) is 0 Å². The van der Waals surface area contributed by atoms with Crippen LogP contribution in [-0.2, 0) is 15.9 Å². The molecule has 6 nitrogen and oxygen atoms in total. The van der Waals surface area contributed by atoms with Gasteiger partial charge in [-0.05, 0) is 57.9 Å². The summed E-state index contributed by atoms with van der Waals surface area (Å²) in [5.41, 5.74) is 1.93. The number of anilines is 1. The van der Waals surface area contributed by atoms with Gasteiger partial charge in [-0.2, -0.15) is 0 Å². The van der Waals surface area contributed by atoms with Gasteiger partial charge in [0, 0.05) is 5.54 Å². The molecular weight excluding hydrogens is 364 g/mol. The Labute approximate surface area is 171 Å². The Morgan fingerprint density at radius 2 is 1.86 bits per heavy atom. The highest BCUT2D eigenvalue weighted by molar-refractivity contribution is 5.93. The van der Waals surface area contributed by atoms with Crippen molar-refractivity contribution in [1.82, 2.24) is 9.55 Å². The molecule has 2 aromatic carbocycles. The molecule has 3 rings (SSSR count). The maximum Gasteiger partial charge on any atom is 0.229 e. The summed E-state index contributed by atoms with van der Waals surface area (Å²) in [5.74, 6) is 0.0738. The molecule has 3 aromatic rings. The third kappa shape index (κ3) is 4.15. The molecule has 0 saturated carbocycles. The van der Waals surface area contributed by atoms with E-state index in [9.17, 15) is 9.90 Å². The number of aryl methyl sites for hydroxylation is 1. The van der Waals surface area contributed by atoms with E-state index in [1.54, 1.807) is 19.1 Å². The number of amides is 1. The summed E-state index contributed by atoms with van der Waals surface area (Å²) >= 11 is 0. The van der Waals surface area contributed by atoms with Gasteiger partial charge >= 0.3 is 0 Å². The van der Waals surface area contributed by atoms with E-state index in [1.807, 2.05) is 62.6 Å².